The molecule has 2 nitrogen and oxygen atoms in total. The molecule has 0 bridgehead atoms. The first-order chi connectivity index (χ1) is 6.81. The van der Waals surface area contributed by atoms with Gasteiger partial charge in [-0.2, -0.15) is 0 Å². The highest BCUT2D eigenvalue weighted by Gasteiger charge is 2.15. The van der Waals surface area contributed by atoms with Crippen LogP contribution >= 0.6 is 15.9 Å². The minimum atomic E-state index is 0.823. The summed E-state index contributed by atoms with van der Waals surface area (Å²) in [7, 11) is 1.98. The lowest BCUT2D eigenvalue weighted by atomic mass is 10.1. The Morgan fingerprint density at radius 3 is 3.14 bits per heavy atom. The normalized spacial score (nSPS) is 13.9. The fraction of sp³-hybridized carbons (Fsp3) is 0.455. The lowest BCUT2D eigenvalue weighted by Gasteiger charge is -2.06. The van der Waals surface area contributed by atoms with Crippen LogP contribution in [-0.4, -0.2) is 20.2 Å². The summed E-state index contributed by atoms with van der Waals surface area (Å²) in [6, 6.07) is 4.41. The molecule has 1 heterocycles. The van der Waals surface area contributed by atoms with E-state index in [0.29, 0.717) is 0 Å². The van der Waals surface area contributed by atoms with Crippen molar-refractivity contribution in [2.75, 3.05) is 20.2 Å². The highest BCUT2D eigenvalue weighted by Crippen LogP contribution is 2.34. The van der Waals surface area contributed by atoms with Crippen molar-refractivity contribution in [3.8, 4) is 5.75 Å². The van der Waals surface area contributed by atoms with Crippen LogP contribution in [0.5, 0.6) is 5.75 Å². The Morgan fingerprint density at radius 2 is 2.36 bits per heavy atom. The van der Waals surface area contributed by atoms with E-state index in [1.807, 2.05) is 7.05 Å². The quantitative estimate of drug-likeness (QED) is 0.894. The lowest BCUT2D eigenvalue weighted by molar-refractivity contribution is 0.355. The number of rotatable bonds is 3. The molecule has 1 aromatic carbocycles. The molecule has 76 valence electrons. The standard InChI is InChI=1S/C11H14BrNO/c1-13-4-2-8-6-9-3-5-14-11(9)10(12)7-8/h6-7,13H,2-5H2,1H3. The van der Waals surface area contributed by atoms with Crippen molar-refractivity contribution >= 4 is 15.9 Å². The molecule has 0 fully saturated rings. The molecule has 0 unspecified atom stereocenters. The van der Waals surface area contributed by atoms with Crippen molar-refractivity contribution in [2.24, 2.45) is 0 Å². The van der Waals surface area contributed by atoms with Crippen LogP contribution in [0, 0.1) is 0 Å². The molecule has 1 aliphatic rings. The zero-order chi connectivity index (χ0) is 9.97. The summed E-state index contributed by atoms with van der Waals surface area (Å²) in [5.74, 6) is 1.04. The van der Waals surface area contributed by atoms with Gasteiger partial charge in [0.1, 0.15) is 5.75 Å². The molecular weight excluding hydrogens is 242 g/mol. The van der Waals surface area contributed by atoms with Crippen molar-refractivity contribution in [3.63, 3.8) is 0 Å². The zero-order valence-corrected chi connectivity index (χ0v) is 9.86. The minimum absolute atomic E-state index is 0.823. The van der Waals surface area contributed by atoms with Crippen LogP contribution in [0.25, 0.3) is 0 Å². The van der Waals surface area contributed by atoms with Crippen molar-refractivity contribution in [3.05, 3.63) is 27.7 Å². The average molecular weight is 256 g/mol. The third kappa shape index (κ3) is 1.93. The first-order valence-electron chi connectivity index (χ1n) is 4.90. The third-order valence-electron chi connectivity index (χ3n) is 2.46. The zero-order valence-electron chi connectivity index (χ0n) is 8.27. The summed E-state index contributed by atoms with van der Waals surface area (Å²) in [5.41, 5.74) is 2.71. The van der Waals surface area contributed by atoms with Crippen LogP contribution in [0.2, 0.25) is 0 Å². The van der Waals surface area contributed by atoms with Crippen LogP contribution in [-0.2, 0) is 12.8 Å². The van der Waals surface area contributed by atoms with Gasteiger partial charge >= 0.3 is 0 Å². The number of fused-ring (bicyclic) bond motifs is 1. The van der Waals surface area contributed by atoms with E-state index in [-0.39, 0.29) is 0 Å². The van der Waals surface area contributed by atoms with Crippen LogP contribution in [0.3, 0.4) is 0 Å². The van der Waals surface area contributed by atoms with Gasteiger partial charge in [0.15, 0.2) is 0 Å². The number of nitrogens with one attached hydrogen (secondary N) is 1. The van der Waals surface area contributed by atoms with Gasteiger partial charge in [0.2, 0.25) is 0 Å². The Morgan fingerprint density at radius 1 is 1.50 bits per heavy atom. The maximum Gasteiger partial charge on any atom is 0.136 e. The molecule has 0 amide bonds. The number of ether oxygens (including phenoxy) is 1. The molecule has 0 saturated carbocycles. The van der Waals surface area contributed by atoms with Crippen molar-refractivity contribution in [1.29, 1.82) is 0 Å². The molecule has 1 aromatic rings. The summed E-state index contributed by atoms with van der Waals surface area (Å²) in [5, 5.41) is 3.16. The molecule has 0 aromatic heterocycles. The highest BCUT2D eigenvalue weighted by molar-refractivity contribution is 9.10. The van der Waals surface area contributed by atoms with E-state index in [4.69, 9.17) is 4.74 Å². The predicted molar refractivity (Wildman–Crippen MR) is 61.0 cm³/mol. The van der Waals surface area contributed by atoms with E-state index in [1.165, 1.54) is 11.1 Å². The fourth-order valence-electron chi connectivity index (χ4n) is 1.74. The number of halogens is 1. The largest absolute Gasteiger partial charge is 0.492 e. The van der Waals surface area contributed by atoms with Crippen LogP contribution in [0.4, 0.5) is 0 Å². The van der Waals surface area contributed by atoms with E-state index in [0.717, 1.165) is 36.2 Å². The van der Waals surface area contributed by atoms with Crippen molar-refractivity contribution < 1.29 is 4.74 Å². The number of benzene rings is 1. The minimum Gasteiger partial charge on any atom is -0.492 e. The topological polar surface area (TPSA) is 21.3 Å². The molecule has 0 aliphatic carbocycles. The Labute approximate surface area is 92.8 Å². The van der Waals surface area contributed by atoms with E-state index in [9.17, 15) is 0 Å². The molecule has 14 heavy (non-hydrogen) atoms. The van der Waals surface area contributed by atoms with Crippen molar-refractivity contribution in [1.82, 2.24) is 5.32 Å². The Kier molecular flexibility index (Phi) is 3.08. The molecule has 0 atom stereocenters. The highest BCUT2D eigenvalue weighted by atomic mass is 79.9. The number of likely N-dealkylation sites (N-methyl/N-ethyl adjacent to an activating group) is 1. The van der Waals surface area contributed by atoms with Gasteiger partial charge in [-0.15, -0.1) is 0 Å². The molecule has 0 radical (unpaired) electrons. The summed E-state index contributed by atoms with van der Waals surface area (Å²) < 4.78 is 6.62. The summed E-state index contributed by atoms with van der Waals surface area (Å²) in [6.45, 7) is 1.84. The van der Waals surface area contributed by atoms with Crippen LogP contribution < -0.4 is 10.1 Å². The van der Waals surface area contributed by atoms with Gasteiger partial charge in [0, 0.05) is 6.42 Å². The third-order valence-corrected chi connectivity index (χ3v) is 3.05. The van der Waals surface area contributed by atoms with Gasteiger partial charge in [-0.05, 0) is 53.1 Å². The smallest absolute Gasteiger partial charge is 0.136 e. The second-order valence-corrected chi connectivity index (χ2v) is 4.37. The Bertz CT molecular complexity index is 338. The number of hydrogen-bond acceptors (Lipinski definition) is 2. The average Bonchev–Trinajstić information content (AvgIpc) is 2.63. The maximum absolute atomic E-state index is 5.53. The SMILES string of the molecule is CNCCc1cc(Br)c2c(c1)CCO2. The van der Waals surface area contributed by atoms with Crippen LogP contribution in [0.15, 0.2) is 16.6 Å². The van der Waals surface area contributed by atoms with E-state index < -0.39 is 0 Å². The maximum atomic E-state index is 5.53. The van der Waals surface area contributed by atoms with E-state index in [1.54, 1.807) is 0 Å². The molecular formula is C11H14BrNO. The van der Waals surface area contributed by atoms with Gasteiger partial charge in [-0.3, -0.25) is 0 Å². The lowest BCUT2D eigenvalue weighted by Crippen LogP contribution is -2.10. The van der Waals surface area contributed by atoms with E-state index in [2.05, 4.69) is 33.4 Å². The van der Waals surface area contributed by atoms with Crippen molar-refractivity contribution in [2.45, 2.75) is 12.8 Å². The summed E-state index contributed by atoms with van der Waals surface area (Å²) in [4.78, 5) is 0. The molecule has 1 aliphatic heterocycles. The van der Waals surface area contributed by atoms with Gasteiger partial charge in [0.05, 0.1) is 11.1 Å². The first-order valence-corrected chi connectivity index (χ1v) is 5.69. The van der Waals surface area contributed by atoms with Gasteiger partial charge in [-0.25, -0.2) is 0 Å². The van der Waals surface area contributed by atoms with Gasteiger partial charge < -0.3 is 10.1 Å². The van der Waals surface area contributed by atoms with Crippen LogP contribution in [0.1, 0.15) is 11.1 Å². The summed E-state index contributed by atoms with van der Waals surface area (Å²) in [6.07, 6.45) is 2.11. The second kappa shape index (κ2) is 4.32. The number of hydrogen-bond donors (Lipinski definition) is 1. The van der Waals surface area contributed by atoms with Gasteiger partial charge in [-0.1, -0.05) is 6.07 Å². The monoisotopic (exact) mass is 255 g/mol. The first kappa shape index (κ1) is 9.99. The molecule has 1 N–H and O–H groups in total. The second-order valence-electron chi connectivity index (χ2n) is 3.52. The molecule has 2 rings (SSSR count). The fourth-order valence-corrected chi connectivity index (χ4v) is 2.40. The molecule has 0 saturated heterocycles. The predicted octanol–water partition coefficient (Wildman–Crippen LogP) is 2.15. The molecule has 0 spiro atoms. The van der Waals surface area contributed by atoms with E-state index >= 15 is 0 Å². The Hall–Kier alpha value is -0.540. The Balaban J connectivity index is 2.23. The van der Waals surface area contributed by atoms with Gasteiger partial charge in [0.25, 0.3) is 0 Å². The molecule has 3 heteroatoms. The summed E-state index contributed by atoms with van der Waals surface area (Å²) >= 11 is 3.54.